The Morgan fingerprint density at radius 1 is 1.43 bits per heavy atom. The highest BCUT2D eigenvalue weighted by atomic mass is 32.1. The van der Waals surface area contributed by atoms with Crippen molar-refractivity contribution in [1.29, 1.82) is 0 Å². The molecule has 1 aliphatic rings. The smallest absolute Gasteiger partial charge is 0.152 e. The van der Waals surface area contributed by atoms with Gasteiger partial charge < -0.3 is 5.43 Å². The van der Waals surface area contributed by atoms with Gasteiger partial charge in [0.2, 0.25) is 0 Å². The molecule has 0 aromatic carbocycles. The second-order valence-electron chi connectivity index (χ2n) is 6.11. The van der Waals surface area contributed by atoms with Crippen molar-refractivity contribution in [3.05, 3.63) is 17.3 Å². The Labute approximate surface area is 129 Å². The second kappa shape index (κ2) is 6.25. The predicted molar refractivity (Wildman–Crippen MR) is 88.1 cm³/mol. The van der Waals surface area contributed by atoms with Gasteiger partial charge in [-0.05, 0) is 37.3 Å². The van der Waals surface area contributed by atoms with Crippen molar-refractivity contribution in [1.82, 2.24) is 14.9 Å². The summed E-state index contributed by atoms with van der Waals surface area (Å²) in [5, 5.41) is 3.02. The topological polar surface area (TPSA) is 67.1 Å². The van der Waals surface area contributed by atoms with Gasteiger partial charge in [-0.15, -0.1) is 11.3 Å². The number of rotatable bonds is 4. The first kappa shape index (κ1) is 14.7. The van der Waals surface area contributed by atoms with Crippen LogP contribution in [0.5, 0.6) is 0 Å². The van der Waals surface area contributed by atoms with Crippen molar-refractivity contribution in [3.63, 3.8) is 0 Å². The number of thiophene rings is 1. The molecule has 2 aromatic rings. The summed E-state index contributed by atoms with van der Waals surface area (Å²) in [6.45, 7) is 3.13. The van der Waals surface area contributed by atoms with Crippen molar-refractivity contribution in [2.75, 3.05) is 12.5 Å². The fraction of sp³-hybridized carbons (Fsp3) is 0.600. The van der Waals surface area contributed by atoms with Crippen molar-refractivity contribution in [2.45, 2.75) is 45.2 Å². The summed E-state index contributed by atoms with van der Waals surface area (Å²) in [4.78, 5) is 12.6. The molecular formula is C15H23N5S. The molecule has 114 valence electrons. The molecular weight excluding hydrogens is 282 g/mol. The number of aromatic nitrogens is 2. The lowest BCUT2D eigenvalue weighted by Gasteiger charge is -2.33. The third-order valence-corrected chi connectivity index (χ3v) is 5.24. The van der Waals surface area contributed by atoms with Crippen molar-refractivity contribution in [2.24, 2.45) is 11.8 Å². The lowest BCUT2D eigenvalue weighted by molar-refractivity contribution is 0.155. The minimum atomic E-state index is 0.644. The highest BCUT2D eigenvalue weighted by molar-refractivity contribution is 7.16. The zero-order chi connectivity index (χ0) is 14.8. The fourth-order valence-corrected chi connectivity index (χ4v) is 4.02. The van der Waals surface area contributed by atoms with Gasteiger partial charge >= 0.3 is 0 Å². The predicted octanol–water partition coefficient (Wildman–Crippen LogP) is 2.99. The Bertz CT molecular complexity index is 611. The van der Waals surface area contributed by atoms with Gasteiger partial charge in [0.15, 0.2) is 5.82 Å². The van der Waals surface area contributed by atoms with Crippen molar-refractivity contribution < 1.29 is 0 Å². The zero-order valence-corrected chi connectivity index (χ0v) is 13.5. The van der Waals surface area contributed by atoms with Crippen LogP contribution in [0.1, 0.15) is 38.4 Å². The van der Waals surface area contributed by atoms with Crippen LogP contribution in [-0.4, -0.2) is 28.0 Å². The van der Waals surface area contributed by atoms with Gasteiger partial charge in [0.1, 0.15) is 10.7 Å². The van der Waals surface area contributed by atoms with Crippen LogP contribution in [0.2, 0.25) is 0 Å². The largest absolute Gasteiger partial charge is 0.308 e. The average Bonchev–Trinajstić information content (AvgIpc) is 2.94. The minimum absolute atomic E-state index is 0.644. The highest BCUT2D eigenvalue weighted by Crippen LogP contribution is 2.28. The molecule has 2 heterocycles. The van der Waals surface area contributed by atoms with Crippen LogP contribution in [0, 0.1) is 5.92 Å². The van der Waals surface area contributed by atoms with Gasteiger partial charge in [-0.25, -0.2) is 15.8 Å². The molecule has 0 bridgehead atoms. The maximum Gasteiger partial charge on any atom is 0.152 e. The summed E-state index contributed by atoms with van der Waals surface area (Å²) in [6.07, 6.45) is 5.25. The Hall–Kier alpha value is -1.24. The van der Waals surface area contributed by atoms with E-state index < -0.39 is 0 Å². The number of hydrogen-bond donors (Lipinski definition) is 2. The van der Waals surface area contributed by atoms with Gasteiger partial charge in [-0.2, -0.15) is 0 Å². The lowest BCUT2D eigenvalue weighted by atomic mass is 9.86. The highest BCUT2D eigenvalue weighted by Gasteiger charge is 2.23. The molecule has 6 heteroatoms. The molecule has 21 heavy (non-hydrogen) atoms. The summed E-state index contributed by atoms with van der Waals surface area (Å²) in [7, 11) is 2.18. The van der Waals surface area contributed by atoms with Crippen molar-refractivity contribution >= 4 is 27.4 Å². The van der Waals surface area contributed by atoms with E-state index in [1.807, 2.05) is 11.4 Å². The van der Waals surface area contributed by atoms with E-state index in [0.29, 0.717) is 6.04 Å². The molecule has 3 rings (SSSR count). The van der Waals surface area contributed by atoms with Crippen LogP contribution in [-0.2, 0) is 6.54 Å². The second-order valence-corrected chi connectivity index (χ2v) is 7.01. The number of hydrogen-bond acceptors (Lipinski definition) is 6. The van der Waals surface area contributed by atoms with Crippen LogP contribution in [0.4, 0.5) is 5.82 Å². The molecule has 2 atom stereocenters. The molecule has 0 aliphatic heterocycles. The van der Waals surface area contributed by atoms with Crippen LogP contribution in [0.25, 0.3) is 10.2 Å². The number of fused-ring (bicyclic) bond motifs is 1. The Morgan fingerprint density at radius 2 is 2.29 bits per heavy atom. The van der Waals surface area contributed by atoms with E-state index in [9.17, 15) is 0 Å². The quantitative estimate of drug-likeness (QED) is 0.671. The molecule has 1 aliphatic carbocycles. The Morgan fingerprint density at radius 3 is 3.05 bits per heavy atom. The zero-order valence-electron chi connectivity index (χ0n) is 12.7. The van der Waals surface area contributed by atoms with E-state index in [0.717, 1.165) is 34.3 Å². The first-order valence-corrected chi connectivity index (χ1v) is 8.46. The van der Waals surface area contributed by atoms with Gasteiger partial charge in [0, 0.05) is 6.04 Å². The standard InChI is InChI=1S/C15H23N5S/c1-10-4-3-5-11(8-10)20(2)9-13-17-14(19-16)12-6-7-21-15(12)18-13/h6-7,10-11H,3-5,8-9,16H2,1-2H3,(H,17,18,19). The van der Waals surface area contributed by atoms with Crippen LogP contribution in [0.3, 0.4) is 0 Å². The number of nitrogen functional groups attached to an aromatic ring is 1. The van der Waals surface area contributed by atoms with E-state index >= 15 is 0 Å². The van der Waals surface area contributed by atoms with E-state index in [1.165, 1.54) is 25.7 Å². The van der Waals surface area contributed by atoms with E-state index in [1.54, 1.807) is 11.3 Å². The number of nitrogens with zero attached hydrogens (tertiary/aromatic N) is 3. The average molecular weight is 305 g/mol. The summed E-state index contributed by atoms with van der Waals surface area (Å²) in [5.41, 5.74) is 2.69. The van der Waals surface area contributed by atoms with Gasteiger partial charge in [0.25, 0.3) is 0 Å². The minimum Gasteiger partial charge on any atom is -0.308 e. The van der Waals surface area contributed by atoms with Gasteiger partial charge in [-0.1, -0.05) is 19.8 Å². The third kappa shape index (κ3) is 3.17. The SMILES string of the molecule is CC1CCCC(N(C)Cc2nc(NN)c3ccsc3n2)C1. The lowest BCUT2D eigenvalue weighted by Crippen LogP contribution is -2.35. The summed E-state index contributed by atoms with van der Waals surface area (Å²) in [6, 6.07) is 2.65. The molecule has 5 nitrogen and oxygen atoms in total. The van der Waals surface area contributed by atoms with E-state index in [4.69, 9.17) is 5.84 Å². The number of nitrogens with two attached hydrogens (primary N) is 1. The monoisotopic (exact) mass is 305 g/mol. The molecule has 0 saturated heterocycles. The first-order chi connectivity index (χ1) is 10.2. The number of hydrazine groups is 1. The Balaban J connectivity index is 1.77. The maximum atomic E-state index is 5.59. The molecule has 2 unspecified atom stereocenters. The van der Waals surface area contributed by atoms with Crippen LogP contribution < -0.4 is 11.3 Å². The van der Waals surface area contributed by atoms with Gasteiger partial charge in [-0.3, -0.25) is 4.90 Å². The summed E-state index contributed by atoms with van der Waals surface area (Å²) in [5.74, 6) is 7.98. The molecule has 3 N–H and O–H groups in total. The fourth-order valence-electron chi connectivity index (χ4n) is 3.23. The van der Waals surface area contributed by atoms with E-state index in [2.05, 4.69) is 34.3 Å². The van der Waals surface area contributed by atoms with Crippen LogP contribution in [0.15, 0.2) is 11.4 Å². The van der Waals surface area contributed by atoms with E-state index in [-0.39, 0.29) is 0 Å². The number of nitrogens with one attached hydrogen (secondary N) is 1. The summed E-state index contributed by atoms with van der Waals surface area (Å²) >= 11 is 1.63. The molecule has 0 amide bonds. The molecule has 0 radical (unpaired) electrons. The maximum absolute atomic E-state index is 5.59. The van der Waals surface area contributed by atoms with Gasteiger partial charge in [0.05, 0.1) is 11.9 Å². The van der Waals surface area contributed by atoms with Crippen LogP contribution >= 0.6 is 11.3 Å². The Kier molecular flexibility index (Phi) is 4.37. The third-order valence-electron chi connectivity index (χ3n) is 4.43. The summed E-state index contributed by atoms with van der Waals surface area (Å²) < 4.78 is 0. The molecule has 1 saturated carbocycles. The first-order valence-electron chi connectivity index (χ1n) is 7.58. The van der Waals surface area contributed by atoms with Crippen molar-refractivity contribution in [3.8, 4) is 0 Å². The normalized spacial score (nSPS) is 22.9. The molecule has 1 fully saturated rings. The molecule has 0 spiro atoms. The molecule has 2 aromatic heterocycles. The number of anilines is 1.